The summed E-state index contributed by atoms with van der Waals surface area (Å²) in [6.45, 7) is 2.47. The van der Waals surface area contributed by atoms with Crippen LogP contribution in [0.5, 0.6) is 0 Å². The first-order chi connectivity index (χ1) is 15.5. The van der Waals surface area contributed by atoms with Crippen molar-refractivity contribution in [2.75, 3.05) is 24.7 Å². The van der Waals surface area contributed by atoms with Gasteiger partial charge in [-0.05, 0) is 28.7 Å². The number of aliphatic carboxylic acids is 1. The van der Waals surface area contributed by atoms with Crippen molar-refractivity contribution < 1.29 is 24.2 Å². The second kappa shape index (κ2) is 11.6. The summed E-state index contributed by atoms with van der Waals surface area (Å²) >= 11 is 1.37. The minimum absolute atomic E-state index is 0.0172. The van der Waals surface area contributed by atoms with Crippen LogP contribution >= 0.6 is 11.8 Å². The van der Waals surface area contributed by atoms with Gasteiger partial charge in [0, 0.05) is 24.3 Å². The van der Waals surface area contributed by atoms with E-state index in [2.05, 4.69) is 34.9 Å². The fourth-order valence-corrected chi connectivity index (χ4v) is 4.48. The third kappa shape index (κ3) is 6.26. The van der Waals surface area contributed by atoms with E-state index in [9.17, 15) is 14.4 Å². The Morgan fingerprint density at radius 2 is 1.69 bits per heavy atom. The third-order valence-electron chi connectivity index (χ3n) is 5.37. The van der Waals surface area contributed by atoms with Crippen molar-refractivity contribution in [1.82, 2.24) is 10.6 Å². The van der Waals surface area contributed by atoms with Gasteiger partial charge >= 0.3 is 12.1 Å². The predicted molar refractivity (Wildman–Crippen MR) is 125 cm³/mol. The topological polar surface area (TPSA) is 105 Å². The Morgan fingerprint density at radius 3 is 2.28 bits per heavy atom. The summed E-state index contributed by atoms with van der Waals surface area (Å²) in [7, 11) is 0. The van der Waals surface area contributed by atoms with Crippen LogP contribution in [0, 0.1) is 0 Å². The molecule has 3 N–H and O–H groups in total. The van der Waals surface area contributed by atoms with Crippen molar-refractivity contribution in [3.63, 3.8) is 0 Å². The number of carboxylic acids is 1. The van der Waals surface area contributed by atoms with E-state index in [0.29, 0.717) is 18.7 Å². The fraction of sp³-hybridized carbons (Fsp3) is 0.375. The second-order valence-corrected chi connectivity index (χ2v) is 8.68. The Balaban J connectivity index is 1.37. The average molecular weight is 457 g/mol. The van der Waals surface area contributed by atoms with Gasteiger partial charge in [0.15, 0.2) is 0 Å². The van der Waals surface area contributed by atoms with Crippen molar-refractivity contribution in [1.29, 1.82) is 0 Å². The largest absolute Gasteiger partial charge is 0.481 e. The Kier molecular flexibility index (Phi) is 8.56. The van der Waals surface area contributed by atoms with Gasteiger partial charge < -0.3 is 20.5 Å². The molecule has 0 fully saturated rings. The molecule has 0 aliphatic heterocycles. The smallest absolute Gasteiger partial charge is 0.407 e. The number of carbonyl (C=O) groups is 3. The van der Waals surface area contributed by atoms with Crippen LogP contribution in [0.2, 0.25) is 0 Å². The molecule has 0 bridgehead atoms. The van der Waals surface area contributed by atoms with E-state index in [1.165, 1.54) is 22.9 Å². The molecule has 0 saturated heterocycles. The highest BCUT2D eigenvalue weighted by Gasteiger charge is 2.28. The number of nitrogens with one attached hydrogen (secondary N) is 2. The maximum Gasteiger partial charge on any atom is 0.407 e. The summed E-state index contributed by atoms with van der Waals surface area (Å²) in [6.07, 6.45) is -0.00752. The molecule has 2 aromatic carbocycles. The van der Waals surface area contributed by atoms with Gasteiger partial charge in [-0.1, -0.05) is 55.5 Å². The van der Waals surface area contributed by atoms with E-state index in [-0.39, 0.29) is 36.6 Å². The SMILES string of the molecule is CC[C@@H](CC(=O)O)NC(=O)CSCCNC(=O)OCC1c2ccccc2-c2ccccc21. The quantitative estimate of drug-likeness (QED) is 0.446. The molecule has 0 heterocycles. The standard InChI is InChI=1S/C24H28N2O5S/c1-2-16(13-23(28)29)26-22(27)15-32-12-11-25-24(30)31-14-21-19-9-5-3-7-17(19)18-8-4-6-10-20(18)21/h3-10,16,21H,2,11-15H2,1H3,(H,25,30)(H,26,27)(H,28,29)/t16-/m0/s1. The normalized spacial score (nSPS) is 13.0. The van der Waals surface area contributed by atoms with Gasteiger partial charge in [-0.15, -0.1) is 0 Å². The van der Waals surface area contributed by atoms with Gasteiger partial charge in [-0.3, -0.25) is 9.59 Å². The van der Waals surface area contributed by atoms with E-state index in [4.69, 9.17) is 9.84 Å². The molecule has 0 spiro atoms. The van der Waals surface area contributed by atoms with E-state index < -0.39 is 12.1 Å². The third-order valence-corrected chi connectivity index (χ3v) is 6.33. The molecule has 8 heteroatoms. The summed E-state index contributed by atoms with van der Waals surface area (Å²) in [4.78, 5) is 34.8. The van der Waals surface area contributed by atoms with Crippen molar-refractivity contribution in [2.24, 2.45) is 0 Å². The summed E-state index contributed by atoms with van der Waals surface area (Å²) in [5, 5.41) is 14.3. The Labute approximate surface area is 191 Å². The number of thioether (sulfide) groups is 1. The van der Waals surface area contributed by atoms with E-state index in [1.54, 1.807) is 0 Å². The number of benzene rings is 2. The molecule has 3 rings (SSSR count). The van der Waals surface area contributed by atoms with Gasteiger partial charge in [0.25, 0.3) is 0 Å². The number of amides is 2. The molecule has 1 atom stereocenters. The van der Waals surface area contributed by atoms with Crippen LogP contribution in [0.4, 0.5) is 4.79 Å². The Hall–Kier alpha value is -3.00. The molecular weight excluding hydrogens is 428 g/mol. The zero-order valence-electron chi connectivity index (χ0n) is 18.0. The maximum atomic E-state index is 12.1. The van der Waals surface area contributed by atoms with Crippen LogP contribution in [0.3, 0.4) is 0 Å². The molecular formula is C24H28N2O5S. The molecule has 0 aromatic heterocycles. The van der Waals surface area contributed by atoms with E-state index in [0.717, 1.165) is 11.1 Å². The summed E-state index contributed by atoms with van der Waals surface area (Å²) < 4.78 is 5.48. The van der Waals surface area contributed by atoms with Gasteiger partial charge in [0.05, 0.1) is 12.2 Å². The average Bonchev–Trinajstić information content (AvgIpc) is 3.10. The Morgan fingerprint density at radius 1 is 1.06 bits per heavy atom. The molecule has 0 radical (unpaired) electrons. The molecule has 32 heavy (non-hydrogen) atoms. The van der Waals surface area contributed by atoms with Gasteiger partial charge in [-0.2, -0.15) is 11.8 Å². The highest BCUT2D eigenvalue weighted by Crippen LogP contribution is 2.44. The molecule has 7 nitrogen and oxygen atoms in total. The van der Waals surface area contributed by atoms with Crippen LogP contribution in [0.1, 0.15) is 36.8 Å². The molecule has 1 aliphatic carbocycles. The first-order valence-electron chi connectivity index (χ1n) is 10.7. The summed E-state index contributed by atoms with van der Waals surface area (Å²) in [5.41, 5.74) is 4.69. The predicted octanol–water partition coefficient (Wildman–Crippen LogP) is 3.63. The zero-order valence-corrected chi connectivity index (χ0v) is 18.8. The van der Waals surface area contributed by atoms with Crippen LogP contribution < -0.4 is 10.6 Å². The number of rotatable bonds is 11. The first kappa shape index (κ1) is 23.7. The maximum absolute atomic E-state index is 12.1. The second-order valence-electron chi connectivity index (χ2n) is 7.58. The number of hydrogen-bond donors (Lipinski definition) is 3. The van der Waals surface area contributed by atoms with Crippen LogP contribution in [0.25, 0.3) is 11.1 Å². The van der Waals surface area contributed by atoms with E-state index in [1.807, 2.05) is 31.2 Å². The summed E-state index contributed by atoms with van der Waals surface area (Å²) in [5.74, 6) is -0.361. The zero-order chi connectivity index (χ0) is 22.9. The lowest BCUT2D eigenvalue weighted by Gasteiger charge is -2.15. The number of hydrogen-bond acceptors (Lipinski definition) is 5. The molecule has 2 amide bonds. The summed E-state index contributed by atoms with van der Waals surface area (Å²) in [6, 6.07) is 16.0. The number of carboxylic acid groups (broad SMARTS) is 1. The van der Waals surface area contributed by atoms with Crippen molar-refractivity contribution >= 4 is 29.7 Å². The fourth-order valence-electron chi connectivity index (χ4n) is 3.82. The van der Waals surface area contributed by atoms with Gasteiger partial charge in [-0.25, -0.2) is 4.79 Å². The minimum atomic E-state index is -0.933. The highest BCUT2D eigenvalue weighted by molar-refractivity contribution is 7.99. The van der Waals surface area contributed by atoms with Gasteiger partial charge in [0.1, 0.15) is 6.61 Å². The number of fused-ring (bicyclic) bond motifs is 3. The Bertz CT molecular complexity index is 919. The minimum Gasteiger partial charge on any atom is -0.481 e. The van der Waals surface area contributed by atoms with Crippen LogP contribution in [-0.2, 0) is 14.3 Å². The van der Waals surface area contributed by atoms with E-state index >= 15 is 0 Å². The molecule has 170 valence electrons. The van der Waals surface area contributed by atoms with Crippen molar-refractivity contribution in [2.45, 2.75) is 31.7 Å². The van der Waals surface area contributed by atoms with Gasteiger partial charge in [0.2, 0.25) is 5.91 Å². The van der Waals surface area contributed by atoms with Crippen molar-refractivity contribution in [3.8, 4) is 11.1 Å². The lowest BCUT2D eigenvalue weighted by atomic mass is 9.98. The van der Waals surface area contributed by atoms with Crippen molar-refractivity contribution in [3.05, 3.63) is 59.7 Å². The lowest BCUT2D eigenvalue weighted by Crippen LogP contribution is -2.37. The number of carbonyl (C=O) groups excluding carboxylic acids is 2. The van der Waals surface area contributed by atoms with Crippen LogP contribution in [-0.4, -0.2) is 53.8 Å². The number of alkyl carbamates (subject to hydrolysis) is 1. The lowest BCUT2D eigenvalue weighted by molar-refractivity contribution is -0.137. The first-order valence-corrected chi connectivity index (χ1v) is 11.8. The molecule has 0 saturated carbocycles. The monoisotopic (exact) mass is 456 g/mol. The molecule has 0 unspecified atom stereocenters. The molecule has 1 aliphatic rings. The van der Waals surface area contributed by atoms with Crippen LogP contribution in [0.15, 0.2) is 48.5 Å². The highest BCUT2D eigenvalue weighted by atomic mass is 32.2. The number of ether oxygens (including phenoxy) is 1. The molecule has 2 aromatic rings.